The summed E-state index contributed by atoms with van der Waals surface area (Å²) in [5, 5.41) is 4.24. The van der Waals surface area contributed by atoms with Gasteiger partial charge in [-0.25, -0.2) is 4.39 Å². The molecule has 3 nitrogen and oxygen atoms in total. The molecule has 146 valence electrons. The van der Waals surface area contributed by atoms with Gasteiger partial charge in [0.25, 0.3) is 0 Å². The van der Waals surface area contributed by atoms with E-state index in [0.29, 0.717) is 5.52 Å². The number of allylic oxidation sites excluding steroid dienone is 1. The molecule has 28 heavy (non-hydrogen) atoms. The summed E-state index contributed by atoms with van der Waals surface area (Å²) in [7, 11) is 1.67. The lowest BCUT2D eigenvalue weighted by Gasteiger charge is -2.21. The molecule has 3 aromatic rings. The van der Waals surface area contributed by atoms with E-state index in [9.17, 15) is 4.39 Å². The Labute approximate surface area is 165 Å². The molecule has 0 unspecified atom stereocenters. The Kier molecular flexibility index (Phi) is 4.25. The van der Waals surface area contributed by atoms with Crippen molar-refractivity contribution in [3.8, 4) is 5.75 Å². The Morgan fingerprint density at radius 2 is 1.82 bits per heavy atom. The van der Waals surface area contributed by atoms with E-state index in [4.69, 9.17) is 4.74 Å². The zero-order chi connectivity index (χ0) is 20.1. The molecule has 0 aliphatic heterocycles. The molecule has 2 aromatic carbocycles. The predicted octanol–water partition coefficient (Wildman–Crippen LogP) is 6.27. The fourth-order valence-corrected chi connectivity index (χ4v) is 3.77. The fourth-order valence-electron chi connectivity index (χ4n) is 3.77. The number of ether oxygens (including phenoxy) is 1. The Hall–Kier alpha value is -2.75. The van der Waals surface area contributed by atoms with Crippen molar-refractivity contribution in [3.63, 3.8) is 0 Å². The number of benzene rings is 2. The number of nitrogens with one attached hydrogen (secondary N) is 2. The molecule has 4 rings (SSSR count). The van der Waals surface area contributed by atoms with Crippen LogP contribution in [-0.2, 0) is 10.8 Å². The molecule has 1 aromatic heterocycles. The van der Waals surface area contributed by atoms with Gasteiger partial charge in [-0.1, -0.05) is 39.5 Å². The number of fused-ring (bicyclic) bond motifs is 1. The SMILES string of the molecule is C=C(Nc1cc(F)c2[nH]c(C(C)(C)C)cc2c1)C1(c2ccc(OC)cc2)CC1. The maximum Gasteiger partial charge on any atom is 0.149 e. The van der Waals surface area contributed by atoms with Gasteiger partial charge in [-0.3, -0.25) is 0 Å². The molecule has 1 aliphatic rings. The first-order valence-electron chi connectivity index (χ1n) is 9.67. The Morgan fingerprint density at radius 3 is 2.39 bits per heavy atom. The van der Waals surface area contributed by atoms with Crippen molar-refractivity contribution in [1.29, 1.82) is 0 Å². The number of H-pyrrole nitrogens is 1. The third-order valence-electron chi connectivity index (χ3n) is 5.75. The van der Waals surface area contributed by atoms with E-state index in [-0.39, 0.29) is 16.6 Å². The van der Waals surface area contributed by atoms with Gasteiger partial charge in [0.15, 0.2) is 0 Å². The van der Waals surface area contributed by atoms with Crippen molar-refractivity contribution in [1.82, 2.24) is 4.98 Å². The number of methoxy groups -OCH3 is 1. The highest BCUT2D eigenvalue weighted by molar-refractivity contribution is 5.85. The standard InChI is InChI=1S/C24H27FN2O/c1-15(24(10-11-24)17-6-8-19(28-5)9-7-17)26-18-12-16-13-21(23(2,3)4)27-22(16)20(25)14-18/h6-9,12-14,26-27H,1,10-11H2,2-5H3. The smallest absolute Gasteiger partial charge is 0.149 e. The van der Waals surface area contributed by atoms with Gasteiger partial charge in [-0.05, 0) is 48.7 Å². The molecule has 0 spiro atoms. The van der Waals surface area contributed by atoms with Crippen molar-refractivity contribution in [3.05, 3.63) is 71.8 Å². The van der Waals surface area contributed by atoms with Crippen molar-refractivity contribution >= 4 is 16.6 Å². The molecule has 1 saturated carbocycles. The summed E-state index contributed by atoms with van der Waals surface area (Å²) in [5.74, 6) is 0.588. The van der Waals surface area contributed by atoms with Crippen LogP contribution in [0.2, 0.25) is 0 Å². The molecule has 4 heteroatoms. The molecule has 1 aliphatic carbocycles. The summed E-state index contributed by atoms with van der Waals surface area (Å²) < 4.78 is 20.0. The van der Waals surface area contributed by atoms with Crippen molar-refractivity contribution < 1.29 is 9.13 Å². The van der Waals surface area contributed by atoms with Crippen LogP contribution in [-0.4, -0.2) is 12.1 Å². The molecule has 0 amide bonds. The molecular weight excluding hydrogens is 351 g/mol. The number of aromatic nitrogens is 1. The summed E-state index contributed by atoms with van der Waals surface area (Å²) >= 11 is 0. The van der Waals surface area contributed by atoms with E-state index >= 15 is 0 Å². The molecule has 2 N–H and O–H groups in total. The van der Waals surface area contributed by atoms with Crippen LogP contribution in [0.25, 0.3) is 10.9 Å². The predicted molar refractivity (Wildman–Crippen MR) is 114 cm³/mol. The number of halogens is 1. The van der Waals surface area contributed by atoms with Gasteiger partial charge in [0, 0.05) is 33.3 Å². The summed E-state index contributed by atoms with van der Waals surface area (Å²) in [6, 6.07) is 13.7. The minimum Gasteiger partial charge on any atom is -0.497 e. The van der Waals surface area contributed by atoms with Gasteiger partial charge in [-0.15, -0.1) is 0 Å². The van der Waals surface area contributed by atoms with Crippen LogP contribution in [0.3, 0.4) is 0 Å². The lowest BCUT2D eigenvalue weighted by molar-refractivity contribution is 0.414. The Bertz CT molecular complexity index is 1040. The fraction of sp³-hybridized carbons (Fsp3) is 0.333. The first-order valence-corrected chi connectivity index (χ1v) is 9.67. The van der Waals surface area contributed by atoms with Gasteiger partial charge in [0.2, 0.25) is 0 Å². The van der Waals surface area contributed by atoms with E-state index in [0.717, 1.165) is 41.1 Å². The second-order valence-electron chi connectivity index (χ2n) is 8.77. The highest BCUT2D eigenvalue weighted by atomic mass is 19.1. The van der Waals surface area contributed by atoms with E-state index in [1.807, 2.05) is 24.3 Å². The average Bonchev–Trinajstić information content (AvgIpc) is 3.34. The summed E-state index contributed by atoms with van der Waals surface area (Å²) in [6.45, 7) is 10.6. The minimum absolute atomic E-state index is 0.0604. The Morgan fingerprint density at radius 1 is 1.14 bits per heavy atom. The van der Waals surface area contributed by atoms with Crippen LogP contribution < -0.4 is 10.1 Å². The molecule has 0 radical (unpaired) electrons. The second-order valence-corrected chi connectivity index (χ2v) is 8.77. The summed E-state index contributed by atoms with van der Waals surface area (Å²) in [4.78, 5) is 3.23. The van der Waals surface area contributed by atoms with Crippen LogP contribution in [0.1, 0.15) is 44.9 Å². The van der Waals surface area contributed by atoms with Gasteiger partial charge >= 0.3 is 0 Å². The lowest BCUT2D eigenvalue weighted by atomic mass is 9.92. The maximum atomic E-state index is 14.7. The monoisotopic (exact) mass is 378 g/mol. The highest BCUT2D eigenvalue weighted by Crippen LogP contribution is 2.53. The highest BCUT2D eigenvalue weighted by Gasteiger charge is 2.47. The van der Waals surface area contributed by atoms with Crippen LogP contribution in [0.4, 0.5) is 10.1 Å². The maximum absolute atomic E-state index is 14.7. The van der Waals surface area contributed by atoms with Gasteiger partial charge in [0.05, 0.1) is 12.6 Å². The van der Waals surface area contributed by atoms with Crippen LogP contribution in [0.5, 0.6) is 5.75 Å². The molecule has 1 fully saturated rings. The number of hydrogen-bond donors (Lipinski definition) is 2. The van der Waals surface area contributed by atoms with Crippen molar-refractivity contribution in [2.24, 2.45) is 0 Å². The molecule has 1 heterocycles. The van der Waals surface area contributed by atoms with Gasteiger partial charge < -0.3 is 15.0 Å². The minimum atomic E-state index is -0.252. The molecular formula is C24H27FN2O. The van der Waals surface area contributed by atoms with Crippen LogP contribution in [0, 0.1) is 5.82 Å². The third kappa shape index (κ3) is 3.17. The third-order valence-corrected chi connectivity index (χ3v) is 5.75. The van der Waals surface area contributed by atoms with Gasteiger partial charge in [0.1, 0.15) is 11.6 Å². The van der Waals surface area contributed by atoms with Crippen molar-refractivity contribution in [2.75, 3.05) is 12.4 Å². The molecule has 0 bridgehead atoms. The van der Waals surface area contributed by atoms with E-state index in [1.54, 1.807) is 13.2 Å². The molecule has 0 saturated heterocycles. The van der Waals surface area contributed by atoms with Gasteiger partial charge in [-0.2, -0.15) is 0 Å². The van der Waals surface area contributed by atoms with E-state index in [2.05, 4.69) is 49.8 Å². The summed E-state index contributed by atoms with van der Waals surface area (Å²) in [5.41, 5.74) is 4.27. The number of rotatable bonds is 5. The molecule has 0 atom stereocenters. The first-order chi connectivity index (χ1) is 13.2. The number of anilines is 1. The van der Waals surface area contributed by atoms with E-state index in [1.165, 1.54) is 5.56 Å². The van der Waals surface area contributed by atoms with E-state index < -0.39 is 0 Å². The van der Waals surface area contributed by atoms with Crippen LogP contribution >= 0.6 is 0 Å². The number of aromatic amines is 1. The van der Waals surface area contributed by atoms with Crippen LogP contribution in [0.15, 0.2) is 54.7 Å². The summed E-state index contributed by atoms with van der Waals surface area (Å²) in [6.07, 6.45) is 2.07. The topological polar surface area (TPSA) is 37.0 Å². The largest absolute Gasteiger partial charge is 0.497 e. The lowest BCUT2D eigenvalue weighted by Crippen LogP contribution is -2.16. The second kappa shape index (κ2) is 6.40. The van der Waals surface area contributed by atoms with Crippen molar-refractivity contribution in [2.45, 2.75) is 44.4 Å². The Balaban J connectivity index is 1.61. The number of hydrogen-bond acceptors (Lipinski definition) is 2. The normalized spacial score (nSPS) is 15.5. The first kappa shape index (κ1) is 18.6. The zero-order valence-corrected chi connectivity index (χ0v) is 16.9. The average molecular weight is 378 g/mol. The zero-order valence-electron chi connectivity index (χ0n) is 16.9. The quantitative estimate of drug-likeness (QED) is 0.549.